The molecule has 2 rings (SSSR count). The van der Waals surface area contributed by atoms with Crippen molar-refractivity contribution in [1.82, 2.24) is 4.72 Å². The van der Waals surface area contributed by atoms with E-state index in [1.54, 1.807) is 0 Å². The van der Waals surface area contributed by atoms with E-state index in [-0.39, 0.29) is 18.0 Å². The van der Waals surface area contributed by atoms with Gasteiger partial charge in [-0.05, 0) is 30.4 Å². The molecule has 22 heavy (non-hydrogen) atoms. The first kappa shape index (κ1) is 17.2. The van der Waals surface area contributed by atoms with Gasteiger partial charge in [0.15, 0.2) is 0 Å². The van der Waals surface area contributed by atoms with Gasteiger partial charge in [0.2, 0.25) is 10.0 Å². The summed E-state index contributed by atoms with van der Waals surface area (Å²) in [5.41, 5.74) is -1.23. The van der Waals surface area contributed by atoms with Gasteiger partial charge in [-0.2, -0.15) is 13.2 Å². The SMILES string of the molecule is O=S(=O)(Cc1ccccc1C(F)(F)F)NCC1CCCC1O. The number of aliphatic hydroxyl groups is 1. The Bertz CT molecular complexity index is 616. The van der Waals surface area contributed by atoms with E-state index in [0.29, 0.717) is 12.8 Å². The van der Waals surface area contributed by atoms with Crippen LogP contribution in [0.2, 0.25) is 0 Å². The molecule has 0 amide bonds. The standard InChI is InChI=1S/C14H18F3NO3S/c15-14(16,17)12-6-2-1-4-11(12)9-22(20,21)18-8-10-5-3-7-13(10)19/h1-2,4,6,10,13,18-19H,3,5,7-9H2. The van der Waals surface area contributed by atoms with Gasteiger partial charge in [0.1, 0.15) is 0 Å². The van der Waals surface area contributed by atoms with E-state index in [0.717, 1.165) is 18.6 Å². The Morgan fingerprint density at radius 3 is 2.50 bits per heavy atom. The van der Waals surface area contributed by atoms with Crippen molar-refractivity contribution in [2.75, 3.05) is 6.54 Å². The Balaban J connectivity index is 2.06. The predicted octanol–water partition coefficient (Wildman–Crippen LogP) is 2.29. The molecule has 0 heterocycles. The first-order valence-corrected chi connectivity index (χ1v) is 8.65. The topological polar surface area (TPSA) is 66.4 Å². The molecule has 1 saturated carbocycles. The zero-order valence-corrected chi connectivity index (χ0v) is 12.6. The molecule has 0 saturated heterocycles. The molecule has 2 unspecified atom stereocenters. The molecule has 2 N–H and O–H groups in total. The third-order valence-electron chi connectivity index (χ3n) is 3.85. The zero-order valence-electron chi connectivity index (χ0n) is 11.8. The molecular formula is C14H18F3NO3S. The van der Waals surface area contributed by atoms with E-state index >= 15 is 0 Å². The van der Waals surface area contributed by atoms with E-state index < -0.39 is 33.6 Å². The molecule has 0 aliphatic heterocycles. The summed E-state index contributed by atoms with van der Waals surface area (Å²) in [4.78, 5) is 0. The second-order valence-corrected chi connectivity index (χ2v) is 7.33. The van der Waals surface area contributed by atoms with E-state index in [1.807, 2.05) is 0 Å². The summed E-state index contributed by atoms with van der Waals surface area (Å²) in [6.07, 6.45) is -2.98. The van der Waals surface area contributed by atoms with Crippen LogP contribution >= 0.6 is 0 Å². The number of halogens is 3. The molecule has 0 bridgehead atoms. The highest BCUT2D eigenvalue weighted by Crippen LogP contribution is 2.32. The number of aliphatic hydroxyl groups excluding tert-OH is 1. The predicted molar refractivity (Wildman–Crippen MR) is 75.4 cm³/mol. The molecule has 8 heteroatoms. The number of rotatable bonds is 5. The van der Waals surface area contributed by atoms with Crippen molar-refractivity contribution >= 4 is 10.0 Å². The minimum atomic E-state index is -4.59. The quantitative estimate of drug-likeness (QED) is 0.866. The lowest BCUT2D eigenvalue weighted by Gasteiger charge is -2.16. The molecule has 124 valence electrons. The van der Waals surface area contributed by atoms with Gasteiger partial charge in [0.05, 0.1) is 17.4 Å². The summed E-state index contributed by atoms with van der Waals surface area (Å²) in [6.45, 7) is 0.0533. The van der Waals surface area contributed by atoms with Gasteiger partial charge in [0.25, 0.3) is 0 Å². The number of hydrogen-bond donors (Lipinski definition) is 2. The van der Waals surface area contributed by atoms with Gasteiger partial charge in [-0.25, -0.2) is 13.1 Å². The highest BCUT2D eigenvalue weighted by Gasteiger charge is 2.34. The number of hydrogen-bond acceptors (Lipinski definition) is 3. The van der Waals surface area contributed by atoms with E-state index in [1.165, 1.54) is 12.1 Å². The lowest BCUT2D eigenvalue weighted by Crippen LogP contribution is -2.33. The molecule has 1 aliphatic carbocycles. The van der Waals surface area contributed by atoms with Gasteiger partial charge < -0.3 is 5.11 Å². The van der Waals surface area contributed by atoms with Gasteiger partial charge in [-0.1, -0.05) is 24.6 Å². The third-order valence-corrected chi connectivity index (χ3v) is 5.15. The minimum absolute atomic E-state index is 0.0533. The van der Waals surface area contributed by atoms with Gasteiger partial charge in [0, 0.05) is 6.54 Å². The molecule has 0 aromatic heterocycles. The summed E-state index contributed by atoms with van der Waals surface area (Å²) in [6, 6.07) is 4.63. The highest BCUT2D eigenvalue weighted by molar-refractivity contribution is 7.88. The average Bonchev–Trinajstić information content (AvgIpc) is 2.81. The van der Waals surface area contributed by atoms with Crippen LogP contribution in [0, 0.1) is 5.92 Å². The summed E-state index contributed by atoms with van der Waals surface area (Å²) in [5.74, 6) is -0.904. The first-order chi connectivity index (χ1) is 10.2. The Hall–Kier alpha value is -1.12. The van der Waals surface area contributed by atoms with Gasteiger partial charge >= 0.3 is 6.18 Å². The fraction of sp³-hybridized carbons (Fsp3) is 0.571. The maximum absolute atomic E-state index is 12.9. The smallest absolute Gasteiger partial charge is 0.393 e. The van der Waals surface area contributed by atoms with Crippen LogP contribution in [-0.2, 0) is 22.0 Å². The van der Waals surface area contributed by atoms with Crippen LogP contribution in [0.1, 0.15) is 30.4 Å². The van der Waals surface area contributed by atoms with E-state index in [2.05, 4.69) is 4.72 Å². The number of benzene rings is 1. The summed E-state index contributed by atoms with van der Waals surface area (Å²) in [5, 5.41) is 9.64. The lowest BCUT2D eigenvalue weighted by molar-refractivity contribution is -0.138. The Morgan fingerprint density at radius 2 is 1.91 bits per heavy atom. The maximum Gasteiger partial charge on any atom is 0.416 e. The largest absolute Gasteiger partial charge is 0.416 e. The molecular weight excluding hydrogens is 319 g/mol. The van der Waals surface area contributed by atoms with Crippen LogP contribution in [-0.4, -0.2) is 26.2 Å². The lowest BCUT2D eigenvalue weighted by atomic mass is 10.1. The second-order valence-electron chi connectivity index (χ2n) is 5.52. The molecule has 0 spiro atoms. The van der Waals surface area contributed by atoms with Crippen LogP contribution < -0.4 is 4.72 Å². The summed E-state index contributed by atoms with van der Waals surface area (Å²) in [7, 11) is -3.89. The van der Waals surface area contributed by atoms with Crippen LogP contribution in [0.4, 0.5) is 13.2 Å². The van der Waals surface area contributed by atoms with Crippen molar-refractivity contribution in [2.45, 2.75) is 37.3 Å². The van der Waals surface area contributed by atoms with Crippen molar-refractivity contribution in [2.24, 2.45) is 5.92 Å². The van der Waals surface area contributed by atoms with E-state index in [9.17, 15) is 26.7 Å². The van der Waals surface area contributed by atoms with Crippen LogP contribution in [0.5, 0.6) is 0 Å². The molecule has 1 fully saturated rings. The summed E-state index contributed by atoms with van der Waals surface area (Å²) < 4.78 is 64.8. The Labute approximate surface area is 127 Å². The van der Waals surface area contributed by atoms with Crippen molar-refractivity contribution < 1.29 is 26.7 Å². The summed E-state index contributed by atoms with van der Waals surface area (Å²) >= 11 is 0. The molecule has 4 nitrogen and oxygen atoms in total. The van der Waals surface area contributed by atoms with Gasteiger partial charge in [-0.15, -0.1) is 0 Å². The Morgan fingerprint density at radius 1 is 1.23 bits per heavy atom. The highest BCUT2D eigenvalue weighted by atomic mass is 32.2. The van der Waals surface area contributed by atoms with E-state index in [4.69, 9.17) is 0 Å². The zero-order chi connectivity index (χ0) is 16.4. The number of alkyl halides is 3. The van der Waals surface area contributed by atoms with Gasteiger partial charge in [-0.3, -0.25) is 0 Å². The second kappa shape index (κ2) is 6.55. The monoisotopic (exact) mass is 337 g/mol. The maximum atomic E-state index is 12.9. The van der Waals surface area contributed by atoms with Crippen molar-refractivity contribution in [1.29, 1.82) is 0 Å². The average molecular weight is 337 g/mol. The molecule has 0 radical (unpaired) electrons. The first-order valence-electron chi connectivity index (χ1n) is 6.99. The van der Waals surface area contributed by atoms with Crippen LogP contribution in [0.15, 0.2) is 24.3 Å². The van der Waals surface area contributed by atoms with Crippen LogP contribution in [0.25, 0.3) is 0 Å². The van der Waals surface area contributed by atoms with Crippen molar-refractivity contribution in [3.63, 3.8) is 0 Å². The van der Waals surface area contributed by atoms with Crippen molar-refractivity contribution in [3.05, 3.63) is 35.4 Å². The molecule has 2 atom stereocenters. The van der Waals surface area contributed by atoms with Crippen molar-refractivity contribution in [3.8, 4) is 0 Å². The van der Waals surface area contributed by atoms with Crippen LogP contribution in [0.3, 0.4) is 0 Å². The fourth-order valence-electron chi connectivity index (χ4n) is 2.67. The molecule has 1 aliphatic rings. The molecule has 1 aromatic rings. The minimum Gasteiger partial charge on any atom is -0.393 e. The third kappa shape index (κ3) is 4.44. The normalized spacial score (nSPS) is 22.9. The fourth-order valence-corrected chi connectivity index (χ4v) is 3.90. The number of nitrogens with one attached hydrogen (secondary N) is 1. The Kier molecular flexibility index (Phi) is 5.14. The molecule has 1 aromatic carbocycles. The number of sulfonamides is 1.